The van der Waals surface area contributed by atoms with Crippen molar-refractivity contribution < 1.29 is 9.90 Å². The Morgan fingerprint density at radius 3 is 2.30 bits per heavy atom. The van der Waals surface area contributed by atoms with E-state index in [4.69, 9.17) is 5.11 Å². The molecule has 0 atom stereocenters. The molecule has 2 aromatic carbocycles. The zero-order valence-corrected chi connectivity index (χ0v) is 13.0. The molecular weight excluding hydrogens is 290 g/mol. The summed E-state index contributed by atoms with van der Waals surface area (Å²) in [5, 5.41) is 15.3. The van der Waals surface area contributed by atoms with Crippen molar-refractivity contribution in [1.82, 2.24) is 5.32 Å². The van der Waals surface area contributed by atoms with Crippen LogP contribution in [0.15, 0.2) is 48.5 Å². The molecule has 5 heteroatoms. The third-order valence-corrected chi connectivity index (χ3v) is 4.01. The number of amides is 1. The summed E-state index contributed by atoms with van der Waals surface area (Å²) >= 11 is 0. The Balaban J connectivity index is 1.63. The standard InChI is InChI=1S/C18H21N3O2/c22-13-14-1-3-15(4-2-14)18(23)20-16-5-7-17(8-6-16)21-11-9-19-10-12-21/h1-8,19,22H,9-13H2,(H,20,23). The molecule has 0 aromatic heterocycles. The third-order valence-electron chi connectivity index (χ3n) is 4.01. The highest BCUT2D eigenvalue weighted by Gasteiger charge is 2.11. The normalized spacial score (nSPS) is 14.6. The van der Waals surface area contributed by atoms with Crippen molar-refractivity contribution in [3.8, 4) is 0 Å². The molecule has 2 aromatic rings. The largest absolute Gasteiger partial charge is 0.392 e. The fraction of sp³-hybridized carbons (Fsp3) is 0.278. The average molecular weight is 311 g/mol. The van der Waals surface area contributed by atoms with Crippen LogP contribution >= 0.6 is 0 Å². The SMILES string of the molecule is O=C(Nc1ccc(N2CCNCC2)cc1)c1ccc(CO)cc1. The number of hydrogen-bond acceptors (Lipinski definition) is 4. The van der Waals surface area contributed by atoms with Gasteiger partial charge in [0, 0.05) is 43.1 Å². The number of rotatable bonds is 4. The van der Waals surface area contributed by atoms with Crippen molar-refractivity contribution in [2.24, 2.45) is 0 Å². The van der Waals surface area contributed by atoms with Crippen LogP contribution in [0.4, 0.5) is 11.4 Å². The molecule has 3 rings (SSSR count). The van der Waals surface area contributed by atoms with Gasteiger partial charge in [-0.15, -0.1) is 0 Å². The number of anilines is 2. The Hall–Kier alpha value is -2.37. The number of nitrogens with zero attached hydrogens (tertiary/aromatic N) is 1. The molecular formula is C18H21N3O2. The third kappa shape index (κ3) is 3.88. The first-order chi connectivity index (χ1) is 11.3. The molecule has 1 heterocycles. The fourth-order valence-corrected chi connectivity index (χ4v) is 2.64. The number of aliphatic hydroxyl groups excluding tert-OH is 1. The van der Waals surface area contributed by atoms with Crippen LogP contribution in [0, 0.1) is 0 Å². The van der Waals surface area contributed by atoms with Gasteiger partial charge < -0.3 is 20.6 Å². The number of hydrogen-bond donors (Lipinski definition) is 3. The molecule has 0 aliphatic carbocycles. The Labute approximate surface area is 135 Å². The van der Waals surface area contributed by atoms with Gasteiger partial charge >= 0.3 is 0 Å². The number of carbonyl (C=O) groups is 1. The number of piperazine rings is 1. The second-order valence-electron chi connectivity index (χ2n) is 5.59. The van der Waals surface area contributed by atoms with E-state index in [1.54, 1.807) is 24.3 Å². The number of carbonyl (C=O) groups excluding carboxylic acids is 1. The average Bonchev–Trinajstić information content (AvgIpc) is 2.63. The molecule has 3 N–H and O–H groups in total. The quantitative estimate of drug-likeness (QED) is 0.806. The van der Waals surface area contributed by atoms with E-state index in [0.29, 0.717) is 5.56 Å². The van der Waals surface area contributed by atoms with E-state index in [1.165, 1.54) is 5.69 Å². The highest BCUT2D eigenvalue weighted by atomic mass is 16.3. The van der Waals surface area contributed by atoms with Crippen molar-refractivity contribution >= 4 is 17.3 Å². The summed E-state index contributed by atoms with van der Waals surface area (Å²) < 4.78 is 0. The van der Waals surface area contributed by atoms with Crippen molar-refractivity contribution in [3.63, 3.8) is 0 Å². The molecule has 0 bridgehead atoms. The summed E-state index contributed by atoms with van der Waals surface area (Å²) in [7, 11) is 0. The Kier molecular flexibility index (Phi) is 4.90. The van der Waals surface area contributed by atoms with Gasteiger partial charge in [0.25, 0.3) is 5.91 Å². The molecule has 0 saturated carbocycles. The van der Waals surface area contributed by atoms with Gasteiger partial charge in [0.15, 0.2) is 0 Å². The lowest BCUT2D eigenvalue weighted by molar-refractivity contribution is 0.102. The first-order valence-electron chi connectivity index (χ1n) is 7.83. The maximum absolute atomic E-state index is 12.2. The molecule has 1 aliphatic rings. The summed E-state index contributed by atoms with van der Waals surface area (Å²) in [6.45, 7) is 3.99. The molecule has 1 aliphatic heterocycles. The van der Waals surface area contributed by atoms with Crippen LogP contribution in [0.25, 0.3) is 0 Å². The van der Waals surface area contributed by atoms with Gasteiger partial charge in [-0.1, -0.05) is 12.1 Å². The highest BCUT2D eigenvalue weighted by Crippen LogP contribution is 2.19. The molecule has 1 fully saturated rings. The topological polar surface area (TPSA) is 64.6 Å². The highest BCUT2D eigenvalue weighted by molar-refractivity contribution is 6.04. The predicted octanol–water partition coefficient (Wildman–Crippen LogP) is 1.84. The van der Waals surface area contributed by atoms with E-state index in [2.05, 4.69) is 15.5 Å². The minimum atomic E-state index is -0.149. The van der Waals surface area contributed by atoms with E-state index in [-0.39, 0.29) is 12.5 Å². The number of nitrogens with one attached hydrogen (secondary N) is 2. The summed E-state index contributed by atoms with van der Waals surface area (Å²) in [6.07, 6.45) is 0. The predicted molar refractivity (Wildman–Crippen MR) is 91.8 cm³/mol. The van der Waals surface area contributed by atoms with Crippen molar-refractivity contribution in [2.45, 2.75) is 6.61 Å². The smallest absolute Gasteiger partial charge is 0.255 e. The minimum absolute atomic E-state index is 0.0185. The summed E-state index contributed by atoms with van der Waals surface area (Å²) in [6, 6.07) is 14.9. The zero-order chi connectivity index (χ0) is 16.1. The van der Waals surface area contributed by atoms with Gasteiger partial charge in [-0.3, -0.25) is 4.79 Å². The summed E-state index contributed by atoms with van der Waals surface area (Å²) in [5.41, 5.74) is 3.33. The number of aliphatic hydroxyl groups is 1. The molecule has 23 heavy (non-hydrogen) atoms. The van der Waals surface area contributed by atoms with Gasteiger partial charge in [0.1, 0.15) is 0 Å². The van der Waals surface area contributed by atoms with Crippen LogP contribution in [0.2, 0.25) is 0 Å². The van der Waals surface area contributed by atoms with E-state index in [0.717, 1.165) is 37.4 Å². The van der Waals surface area contributed by atoms with Gasteiger partial charge in [0.2, 0.25) is 0 Å². The first kappa shape index (κ1) is 15.5. The number of benzene rings is 2. The lowest BCUT2D eigenvalue weighted by Crippen LogP contribution is -2.43. The second-order valence-corrected chi connectivity index (χ2v) is 5.59. The van der Waals surface area contributed by atoms with Gasteiger partial charge in [-0.2, -0.15) is 0 Å². The van der Waals surface area contributed by atoms with E-state index >= 15 is 0 Å². The molecule has 0 spiro atoms. The molecule has 1 saturated heterocycles. The molecule has 0 unspecified atom stereocenters. The fourth-order valence-electron chi connectivity index (χ4n) is 2.64. The van der Waals surface area contributed by atoms with Crippen LogP contribution < -0.4 is 15.5 Å². The van der Waals surface area contributed by atoms with Gasteiger partial charge in [0.05, 0.1) is 6.61 Å². The molecule has 120 valence electrons. The minimum Gasteiger partial charge on any atom is -0.392 e. The Morgan fingerprint density at radius 2 is 1.70 bits per heavy atom. The van der Waals surface area contributed by atoms with Crippen LogP contribution in [-0.4, -0.2) is 37.2 Å². The molecule has 1 amide bonds. The van der Waals surface area contributed by atoms with Crippen molar-refractivity contribution in [2.75, 3.05) is 36.4 Å². The van der Waals surface area contributed by atoms with Crippen molar-refractivity contribution in [1.29, 1.82) is 0 Å². The van der Waals surface area contributed by atoms with E-state index in [9.17, 15) is 4.79 Å². The van der Waals surface area contributed by atoms with E-state index in [1.807, 2.05) is 24.3 Å². The maximum atomic E-state index is 12.2. The van der Waals surface area contributed by atoms with Crippen LogP contribution in [0.5, 0.6) is 0 Å². The Morgan fingerprint density at radius 1 is 1.04 bits per heavy atom. The van der Waals surface area contributed by atoms with Crippen molar-refractivity contribution in [3.05, 3.63) is 59.7 Å². The lowest BCUT2D eigenvalue weighted by atomic mass is 10.1. The van der Waals surface area contributed by atoms with E-state index < -0.39 is 0 Å². The summed E-state index contributed by atoms with van der Waals surface area (Å²) in [4.78, 5) is 14.5. The van der Waals surface area contributed by atoms with Gasteiger partial charge in [-0.25, -0.2) is 0 Å². The van der Waals surface area contributed by atoms with Crippen LogP contribution in [0.3, 0.4) is 0 Å². The Bertz CT molecular complexity index is 647. The monoisotopic (exact) mass is 311 g/mol. The zero-order valence-electron chi connectivity index (χ0n) is 13.0. The summed E-state index contributed by atoms with van der Waals surface area (Å²) in [5.74, 6) is -0.149. The first-order valence-corrected chi connectivity index (χ1v) is 7.83. The van der Waals surface area contributed by atoms with Crippen LogP contribution in [-0.2, 0) is 6.61 Å². The molecule has 0 radical (unpaired) electrons. The maximum Gasteiger partial charge on any atom is 0.255 e. The second kappa shape index (κ2) is 7.26. The van der Waals surface area contributed by atoms with Gasteiger partial charge in [-0.05, 0) is 42.0 Å². The van der Waals surface area contributed by atoms with Crippen LogP contribution in [0.1, 0.15) is 15.9 Å². The lowest BCUT2D eigenvalue weighted by Gasteiger charge is -2.29. The molecule has 5 nitrogen and oxygen atoms in total.